The molecule has 0 unspecified atom stereocenters. The highest BCUT2D eigenvalue weighted by Gasteiger charge is 2.01. The molecule has 0 spiro atoms. The standard InChI is InChI=1S/C13H18N4/c14-9-5-4-8-13-11-17(16-15-13)10-12-6-2-1-3-7-12/h1-3,6-7,11H,4-5,8-10,14H2. The van der Waals surface area contributed by atoms with E-state index in [1.54, 1.807) is 0 Å². The summed E-state index contributed by atoms with van der Waals surface area (Å²) < 4.78 is 1.88. The highest BCUT2D eigenvalue weighted by Crippen LogP contribution is 2.04. The molecule has 2 rings (SSSR count). The third-order valence-corrected chi connectivity index (χ3v) is 2.66. The average Bonchev–Trinajstić information content (AvgIpc) is 2.79. The van der Waals surface area contributed by atoms with Crippen molar-refractivity contribution in [3.8, 4) is 0 Å². The zero-order valence-electron chi connectivity index (χ0n) is 9.92. The van der Waals surface area contributed by atoms with Crippen LogP contribution in [0.5, 0.6) is 0 Å². The third-order valence-electron chi connectivity index (χ3n) is 2.66. The van der Waals surface area contributed by atoms with Gasteiger partial charge >= 0.3 is 0 Å². The van der Waals surface area contributed by atoms with Gasteiger partial charge in [0.1, 0.15) is 0 Å². The Morgan fingerprint density at radius 1 is 1.12 bits per heavy atom. The molecule has 2 N–H and O–H groups in total. The number of rotatable bonds is 6. The molecule has 0 saturated carbocycles. The van der Waals surface area contributed by atoms with Crippen molar-refractivity contribution in [2.75, 3.05) is 6.54 Å². The van der Waals surface area contributed by atoms with Crippen LogP contribution in [0.15, 0.2) is 36.5 Å². The SMILES string of the molecule is NCCCCc1cn(Cc2ccccc2)nn1. The summed E-state index contributed by atoms with van der Waals surface area (Å²) in [5, 5.41) is 8.28. The van der Waals surface area contributed by atoms with Gasteiger partial charge in [-0.15, -0.1) is 5.10 Å². The predicted octanol–water partition coefficient (Wildman–Crippen LogP) is 1.61. The second kappa shape index (κ2) is 6.15. The Morgan fingerprint density at radius 2 is 1.94 bits per heavy atom. The molecular weight excluding hydrogens is 212 g/mol. The largest absolute Gasteiger partial charge is 0.330 e. The maximum atomic E-state index is 5.46. The minimum Gasteiger partial charge on any atom is -0.330 e. The number of aryl methyl sites for hydroxylation is 1. The molecule has 4 nitrogen and oxygen atoms in total. The first-order valence-electron chi connectivity index (χ1n) is 6.01. The minimum absolute atomic E-state index is 0.748. The number of nitrogens with two attached hydrogens (primary N) is 1. The summed E-state index contributed by atoms with van der Waals surface area (Å²) in [5.74, 6) is 0. The molecule has 90 valence electrons. The van der Waals surface area contributed by atoms with Crippen LogP contribution in [-0.4, -0.2) is 21.5 Å². The molecule has 0 fully saturated rings. The molecule has 1 aromatic heterocycles. The van der Waals surface area contributed by atoms with Crippen LogP contribution < -0.4 is 5.73 Å². The predicted molar refractivity (Wildman–Crippen MR) is 67.6 cm³/mol. The van der Waals surface area contributed by atoms with Gasteiger partial charge in [0.25, 0.3) is 0 Å². The minimum atomic E-state index is 0.748. The Morgan fingerprint density at radius 3 is 2.71 bits per heavy atom. The number of hydrogen-bond donors (Lipinski definition) is 1. The second-order valence-corrected chi connectivity index (χ2v) is 4.14. The summed E-state index contributed by atoms with van der Waals surface area (Å²) in [6.07, 6.45) is 5.11. The lowest BCUT2D eigenvalue weighted by molar-refractivity contribution is 0.648. The van der Waals surface area contributed by atoms with Gasteiger partial charge in [-0.25, -0.2) is 4.68 Å². The van der Waals surface area contributed by atoms with Crippen LogP contribution in [0.25, 0.3) is 0 Å². The molecule has 0 saturated heterocycles. The lowest BCUT2D eigenvalue weighted by Crippen LogP contribution is -2.00. The van der Waals surface area contributed by atoms with Crippen molar-refractivity contribution in [1.29, 1.82) is 0 Å². The summed E-state index contributed by atoms with van der Waals surface area (Å²) in [4.78, 5) is 0. The van der Waals surface area contributed by atoms with Crippen LogP contribution in [0.1, 0.15) is 24.1 Å². The van der Waals surface area contributed by atoms with Gasteiger partial charge in [0.2, 0.25) is 0 Å². The van der Waals surface area contributed by atoms with Crippen molar-refractivity contribution in [2.45, 2.75) is 25.8 Å². The number of aromatic nitrogens is 3. The van der Waals surface area contributed by atoms with E-state index in [0.717, 1.165) is 38.0 Å². The highest BCUT2D eigenvalue weighted by atomic mass is 15.4. The van der Waals surface area contributed by atoms with Gasteiger partial charge in [-0.2, -0.15) is 0 Å². The third kappa shape index (κ3) is 3.67. The number of benzene rings is 1. The van der Waals surface area contributed by atoms with Crippen molar-refractivity contribution in [2.24, 2.45) is 5.73 Å². The Labute approximate surface area is 101 Å². The molecular formula is C13H18N4. The van der Waals surface area contributed by atoms with Gasteiger partial charge in [0.05, 0.1) is 12.2 Å². The van der Waals surface area contributed by atoms with Crippen LogP contribution in [0.2, 0.25) is 0 Å². The summed E-state index contributed by atoms with van der Waals surface area (Å²) in [6, 6.07) is 10.3. The van der Waals surface area contributed by atoms with Gasteiger partial charge in [0, 0.05) is 6.20 Å². The molecule has 0 bridgehead atoms. The molecule has 0 aliphatic carbocycles. The maximum absolute atomic E-state index is 5.46. The summed E-state index contributed by atoms with van der Waals surface area (Å²) >= 11 is 0. The molecule has 4 heteroatoms. The zero-order chi connectivity index (χ0) is 11.9. The summed E-state index contributed by atoms with van der Waals surface area (Å²) in [5.41, 5.74) is 7.75. The molecule has 0 radical (unpaired) electrons. The smallest absolute Gasteiger partial charge is 0.0827 e. The van der Waals surface area contributed by atoms with Gasteiger partial charge in [-0.1, -0.05) is 35.5 Å². The van der Waals surface area contributed by atoms with Crippen molar-refractivity contribution in [1.82, 2.24) is 15.0 Å². The highest BCUT2D eigenvalue weighted by molar-refractivity contribution is 5.14. The Kier molecular flexibility index (Phi) is 4.27. The number of hydrogen-bond acceptors (Lipinski definition) is 3. The fourth-order valence-electron chi connectivity index (χ4n) is 1.75. The van der Waals surface area contributed by atoms with Crippen molar-refractivity contribution in [3.05, 3.63) is 47.8 Å². The van der Waals surface area contributed by atoms with E-state index >= 15 is 0 Å². The zero-order valence-corrected chi connectivity index (χ0v) is 9.92. The molecule has 0 atom stereocenters. The van der Waals surface area contributed by atoms with Crippen LogP contribution >= 0.6 is 0 Å². The van der Waals surface area contributed by atoms with Crippen molar-refractivity contribution >= 4 is 0 Å². The van der Waals surface area contributed by atoms with E-state index in [1.165, 1.54) is 5.56 Å². The Hall–Kier alpha value is -1.68. The van der Waals surface area contributed by atoms with Gasteiger partial charge in [-0.05, 0) is 31.4 Å². The maximum Gasteiger partial charge on any atom is 0.0827 e. The normalized spacial score (nSPS) is 10.6. The average molecular weight is 230 g/mol. The first kappa shape index (κ1) is 11.8. The van der Waals surface area contributed by atoms with E-state index in [0.29, 0.717) is 0 Å². The first-order valence-corrected chi connectivity index (χ1v) is 6.01. The summed E-state index contributed by atoms with van der Waals surface area (Å²) in [6.45, 7) is 1.53. The van der Waals surface area contributed by atoms with E-state index < -0.39 is 0 Å². The Bertz CT molecular complexity index is 436. The topological polar surface area (TPSA) is 56.7 Å². The molecule has 17 heavy (non-hydrogen) atoms. The van der Waals surface area contributed by atoms with E-state index in [9.17, 15) is 0 Å². The van der Waals surface area contributed by atoms with E-state index in [-0.39, 0.29) is 0 Å². The lowest BCUT2D eigenvalue weighted by atomic mass is 10.2. The van der Waals surface area contributed by atoms with Gasteiger partial charge in [-0.3, -0.25) is 0 Å². The monoisotopic (exact) mass is 230 g/mol. The van der Waals surface area contributed by atoms with E-state index in [4.69, 9.17) is 5.73 Å². The second-order valence-electron chi connectivity index (χ2n) is 4.14. The molecule has 0 aliphatic rings. The fourth-order valence-corrected chi connectivity index (χ4v) is 1.75. The van der Waals surface area contributed by atoms with Crippen LogP contribution in [0, 0.1) is 0 Å². The van der Waals surface area contributed by atoms with Crippen molar-refractivity contribution in [3.63, 3.8) is 0 Å². The van der Waals surface area contributed by atoms with Crippen molar-refractivity contribution < 1.29 is 0 Å². The first-order chi connectivity index (χ1) is 8.38. The lowest BCUT2D eigenvalue weighted by Gasteiger charge is -1.99. The Balaban J connectivity index is 1.90. The summed E-state index contributed by atoms with van der Waals surface area (Å²) in [7, 11) is 0. The van der Waals surface area contributed by atoms with Gasteiger partial charge in [0.15, 0.2) is 0 Å². The molecule has 0 amide bonds. The molecule has 0 aliphatic heterocycles. The number of unbranched alkanes of at least 4 members (excludes halogenated alkanes) is 1. The van der Waals surface area contributed by atoms with Crippen LogP contribution in [0.4, 0.5) is 0 Å². The van der Waals surface area contributed by atoms with Crippen LogP contribution in [-0.2, 0) is 13.0 Å². The van der Waals surface area contributed by atoms with Crippen LogP contribution in [0.3, 0.4) is 0 Å². The molecule has 1 heterocycles. The number of nitrogens with zero attached hydrogens (tertiary/aromatic N) is 3. The fraction of sp³-hybridized carbons (Fsp3) is 0.385. The quantitative estimate of drug-likeness (QED) is 0.767. The van der Waals surface area contributed by atoms with E-state index in [2.05, 4.69) is 22.4 Å². The van der Waals surface area contributed by atoms with E-state index in [1.807, 2.05) is 29.1 Å². The van der Waals surface area contributed by atoms with Gasteiger partial charge < -0.3 is 5.73 Å². The molecule has 1 aromatic carbocycles. The molecule has 2 aromatic rings.